The van der Waals surface area contributed by atoms with Gasteiger partial charge in [-0.3, -0.25) is 9.59 Å². The fourth-order valence-electron chi connectivity index (χ4n) is 5.15. The van der Waals surface area contributed by atoms with Gasteiger partial charge in [-0.25, -0.2) is 13.1 Å². The topological polar surface area (TPSA) is 114 Å². The number of piperidine rings is 1. The third-order valence-electron chi connectivity index (χ3n) is 7.31. The fraction of sp³-hybridized carbons (Fsp3) is 0.692. The zero-order chi connectivity index (χ0) is 25.3. The van der Waals surface area contributed by atoms with Gasteiger partial charge in [0.1, 0.15) is 6.04 Å². The number of rotatable bonds is 11. The van der Waals surface area contributed by atoms with Crippen molar-refractivity contribution in [1.29, 1.82) is 0 Å². The van der Waals surface area contributed by atoms with E-state index in [0.29, 0.717) is 24.3 Å². The maximum Gasteiger partial charge on any atom is 0.323 e. The molecule has 1 unspecified atom stereocenters. The van der Waals surface area contributed by atoms with E-state index in [2.05, 4.69) is 27.5 Å². The Morgan fingerprint density at radius 2 is 1.69 bits per heavy atom. The second-order valence-corrected chi connectivity index (χ2v) is 11.8. The number of benzene rings is 1. The summed E-state index contributed by atoms with van der Waals surface area (Å²) < 4.78 is 32.0. The van der Waals surface area contributed by atoms with Gasteiger partial charge in [-0.2, -0.15) is 0 Å². The number of carbonyl (C=O) groups excluding carboxylic acids is 2. The zero-order valence-electron chi connectivity index (χ0n) is 21.5. The molecule has 2 aliphatic rings. The number of esters is 1. The van der Waals surface area contributed by atoms with Gasteiger partial charge >= 0.3 is 5.97 Å². The van der Waals surface area contributed by atoms with Crippen molar-refractivity contribution in [2.24, 2.45) is 5.92 Å². The highest BCUT2D eigenvalue weighted by atomic mass is 35.5. The van der Waals surface area contributed by atoms with Gasteiger partial charge in [0, 0.05) is 11.6 Å². The zero-order valence-corrected chi connectivity index (χ0v) is 23.1. The van der Waals surface area contributed by atoms with Crippen LogP contribution in [0.25, 0.3) is 0 Å². The Balaban J connectivity index is 0.00000456. The summed E-state index contributed by atoms with van der Waals surface area (Å²) in [5, 5.41) is 6.53. The summed E-state index contributed by atoms with van der Waals surface area (Å²) >= 11 is 0. The fourth-order valence-corrected chi connectivity index (χ4v) is 6.56. The highest BCUT2D eigenvalue weighted by Gasteiger charge is 2.31. The first-order valence-electron chi connectivity index (χ1n) is 13.0. The lowest BCUT2D eigenvalue weighted by atomic mass is 9.82. The molecule has 2 fully saturated rings. The highest BCUT2D eigenvalue weighted by Crippen LogP contribution is 2.29. The molecule has 1 atom stereocenters. The average molecular weight is 544 g/mol. The van der Waals surface area contributed by atoms with Crippen LogP contribution < -0.4 is 15.4 Å². The molecule has 1 aromatic carbocycles. The predicted octanol–water partition coefficient (Wildman–Crippen LogP) is 3.52. The van der Waals surface area contributed by atoms with Crippen LogP contribution in [0.2, 0.25) is 0 Å². The van der Waals surface area contributed by atoms with Crippen molar-refractivity contribution in [3.05, 3.63) is 35.4 Å². The number of carbonyl (C=O) groups is 2. The summed E-state index contributed by atoms with van der Waals surface area (Å²) in [5.74, 6) is 0.170. The molecule has 1 aromatic rings. The monoisotopic (exact) mass is 543 g/mol. The van der Waals surface area contributed by atoms with Crippen LogP contribution in [0.1, 0.15) is 86.6 Å². The lowest BCUT2D eigenvalue weighted by Gasteiger charge is -2.31. The Morgan fingerprint density at radius 3 is 2.28 bits per heavy atom. The number of hydrogen-bond donors (Lipinski definition) is 3. The molecule has 0 aromatic heterocycles. The summed E-state index contributed by atoms with van der Waals surface area (Å²) in [4.78, 5) is 25.0. The molecule has 1 saturated heterocycles. The van der Waals surface area contributed by atoms with Crippen molar-refractivity contribution < 1.29 is 22.7 Å². The van der Waals surface area contributed by atoms with Crippen LogP contribution in [0.3, 0.4) is 0 Å². The molecule has 36 heavy (non-hydrogen) atoms. The second kappa shape index (κ2) is 14.9. The number of methoxy groups -OCH3 is 1. The standard InChI is InChI=1S/C26H41N3O5S.ClH/c1-3-4-17-35(32,33)29-24(26(31)34-2)18-19-5-11-23(12-6-19)28-25(30)22-9-7-20(8-10-22)21-13-15-27-16-14-21;/h7-10,19,21,23-24,27,29H,3-6,11-18H2,1-2H3,(H,28,30);1H/t19-,23-,24?;. The van der Waals surface area contributed by atoms with Gasteiger partial charge in [-0.1, -0.05) is 25.5 Å². The van der Waals surface area contributed by atoms with Crippen molar-refractivity contribution >= 4 is 34.3 Å². The molecule has 1 heterocycles. The maximum absolute atomic E-state index is 12.8. The Kier molecular flexibility index (Phi) is 12.6. The Bertz CT molecular complexity index is 927. The molecule has 0 bridgehead atoms. The van der Waals surface area contributed by atoms with Gasteiger partial charge in [0.15, 0.2) is 0 Å². The van der Waals surface area contributed by atoms with E-state index in [1.807, 2.05) is 19.1 Å². The molecule has 3 N–H and O–H groups in total. The number of halogens is 1. The smallest absolute Gasteiger partial charge is 0.323 e. The first-order chi connectivity index (χ1) is 16.8. The molecule has 1 aliphatic carbocycles. The molecule has 1 aliphatic heterocycles. The quantitative estimate of drug-likeness (QED) is 0.368. The van der Waals surface area contributed by atoms with Crippen LogP contribution >= 0.6 is 12.4 Å². The van der Waals surface area contributed by atoms with E-state index in [9.17, 15) is 18.0 Å². The molecule has 1 saturated carbocycles. The molecule has 0 spiro atoms. The summed E-state index contributed by atoms with van der Waals surface area (Å²) in [7, 11) is -2.25. The van der Waals surface area contributed by atoms with Gasteiger partial charge in [0.05, 0.1) is 12.9 Å². The number of unbranched alkanes of at least 4 members (excludes halogenated alkanes) is 1. The van der Waals surface area contributed by atoms with Crippen molar-refractivity contribution in [2.75, 3.05) is 26.0 Å². The van der Waals surface area contributed by atoms with E-state index in [1.165, 1.54) is 12.7 Å². The minimum Gasteiger partial charge on any atom is -0.468 e. The summed E-state index contributed by atoms with van der Waals surface area (Å²) in [6.45, 7) is 4.01. The molecule has 204 valence electrons. The number of sulfonamides is 1. The molecule has 0 radical (unpaired) electrons. The van der Waals surface area contributed by atoms with Gasteiger partial charge in [0.25, 0.3) is 5.91 Å². The van der Waals surface area contributed by atoms with E-state index in [1.54, 1.807) is 0 Å². The van der Waals surface area contributed by atoms with E-state index in [4.69, 9.17) is 4.74 Å². The van der Waals surface area contributed by atoms with Crippen LogP contribution in [-0.4, -0.2) is 58.3 Å². The number of nitrogens with one attached hydrogen (secondary N) is 3. The lowest BCUT2D eigenvalue weighted by Crippen LogP contribution is -2.44. The summed E-state index contributed by atoms with van der Waals surface area (Å²) in [5.41, 5.74) is 1.98. The van der Waals surface area contributed by atoms with Crippen molar-refractivity contribution in [1.82, 2.24) is 15.4 Å². The second-order valence-electron chi connectivity index (χ2n) is 9.94. The molecule has 10 heteroatoms. The van der Waals surface area contributed by atoms with E-state index < -0.39 is 22.0 Å². The van der Waals surface area contributed by atoms with E-state index in [-0.39, 0.29) is 36.0 Å². The Hall–Kier alpha value is -1.68. The lowest BCUT2D eigenvalue weighted by molar-refractivity contribution is -0.143. The number of hydrogen-bond acceptors (Lipinski definition) is 6. The van der Waals surface area contributed by atoms with Crippen LogP contribution in [-0.2, 0) is 19.6 Å². The summed E-state index contributed by atoms with van der Waals surface area (Å²) in [6, 6.07) is 7.22. The van der Waals surface area contributed by atoms with Crippen LogP contribution in [0.5, 0.6) is 0 Å². The first-order valence-corrected chi connectivity index (χ1v) is 14.7. The van der Waals surface area contributed by atoms with Crippen molar-refractivity contribution in [2.45, 2.75) is 82.7 Å². The molecule has 3 rings (SSSR count). The Morgan fingerprint density at radius 1 is 1.06 bits per heavy atom. The summed E-state index contributed by atoms with van der Waals surface area (Å²) in [6.07, 6.45) is 7.25. The minimum atomic E-state index is -3.53. The van der Waals surface area contributed by atoms with Crippen LogP contribution in [0.4, 0.5) is 0 Å². The van der Waals surface area contributed by atoms with Crippen molar-refractivity contribution in [3.8, 4) is 0 Å². The average Bonchev–Trinajstić information content (AvgIpc) is 2.88. The normalized spacial score (nSPS) is 21.7. The van der Waals surface area contributed by atoms with Gasteiger partial charge in [-0.05, 0) is 94.0 Å². The van der Waals surface area contributed by atoms with Crippen LogP contribution in [0.15, 0.2) is 24.3 Å². The first kappa shape index (κ1) is 30.5. The van der Waals surface area contributed by atoms with Crippen LogP contribution in [0, 0.1) is 5.92 Å². The molecular formula is C26H42ClN3O5S. The predicted molar refractivity (Wildman–Crippen MR) is 144 cm³/mol. The van der Waals surface area contributed by atoms with Gasteiger partial charge in [-0.15, -0.1) is 12.4 Å². The third kappa shape index (κ3) is 9.32. The molecule has 8 nitrogen and oxygen atoms in total. The third-order valence-corrected chi connectivity index (χ3v) is 8.78. The Labute approximate surface area is 222 Å². The van der Waals surface area contributed by atoms with E-state index >= 15 is 0 Å². The van der Waals surface area contributed by atoms with Gasteiger partial charge in [0.2, 0.25) is 10.0 Å². The highest BCUT2D eigenvalue weighted by molar-refractivity contribution is 7.89. The van der Waals surface area contributed by atoms with Gasteiger partial charge < -0.3 is 15.4 Å². The number of ether oxygens (including phenoxy) is 1. The molecule has 1 amide bonds. The van der Waals surface area contributed by atoms with Crippen molar-refractivity contribution in [3.63, 3.8) is 0 Å². The maximum atomic E-state index is 12.8. The minimum absolute atomic E-state index is 0. The largest absolute Gasteiger partial charge is 0.468 e. The SMILES string of the molecule is CCCCS(=O)(=O)NC(C[C@H]1CC[C@H](NC(=O)c2ccc(C3CCNCC3)cc2)CC1)C(=O)OC.Cl. The number of amides is 1. The van der Waals surface area contributed by atoms with E-state index in [0.717, 1.165) is 58.0 Å². The molecular weight excluding hydrogens is 502 g/mol.